The maximum atomic E-state index is 13.0. The molecule has 0 heterocycles. The monoisotopic (exact) mass is 231 g/mol. The van der Waals surface area contributed by atoms with Gasteiger partial charge in [0, 0.05) is 5.02 Å². The van der Waals surface area contributed by atoms with Gasteiger partial charge in [0.05, 0.1) is 7.11 Å². The number of carbonyl (C=O) groups excluding carboxylic acids is 1. The summed E-state index contributed by atoms with van der Waals surface area (Å²) < 4.78 is 17.6. The molecule has 82 valence electrons. The van der Waals surface area contributed by atoms with Crippen molar-refractivity contribution in [2.75, 3.05) is 14.2 Å². The van der Waals surface area contributed by atoms with Gasteiger partial charge in [-0.15, -0.1) is 0 Å². The van der Waals surface area contributed by atoms with Gasteiger partial charge >= 0.3 is 5.97 Å². The minimum atomic E-state index is -0.705. The standard InChI is InChI=1S/C10H11ClFNO2/c1-13-9(10(14)15-2)6-3-7(11)5-8(12)4-6/h3-5,9,13H,1-2H3. The third-order valence-corrected chi connectivity index (χ3v) is 2.16. The first kappa shape index (κ1) is 11.9. The Hall–Kier alpha value is -1.13. The molecule has 0 radical (unpaired) electrons. The van der Waals surface area contributed by atoms with Crippen LogP contribution in [0.15, 0.2) is 18.2 Å². The summed E-state index contributed by atoms with van der Waals surface area (Å²) in [6.07, 6.45) is 0. The number of methoxy groups -OCH3 is 1. The van der Waals surface area contributed by atoms with Gasteiger partial charge in [0.2, 0.25) is 0 Å². The van der Waals surface area contributed by atoms with E-state index in [9.17, 15) is 9.18 Å². The Morgan fingerprint density at radius 3 is 2.67 bits per heavy atom. The number of halogens is 2. The topological polar surface area (TPSA) is 38.3 Å². The lowest BCUT2D eigenvalue weighted by Gasteiger charge is -2.14. The van der Waals surface area contributed by atoms with Crippen LogP contribution < -0.4 is 5.32 Å². The molecule has 1 rings (SSSR count). The lowest BCUT2D eigenvalue weighted by atomic mass is 10.1. The van der Waals surface area contributed by atoms with Gasteiger partial charge < -0.3 is 10.1 Å². The van der Waals surface area contributed by atoms with E-state index < -0.39 is 17.8 Å². The van der Waals surface area contributed by atoms with Crippen LogP contribution in [0.3, 0.4) is 0 Å². The number of benzene rings is 1. The second-order valence-corrected chi connectivity index (χ2v) is 3.38. The molecule has 0 aromatic heterocycles. The molecule has 0 spiro atoms. The van der Waals surface area contributed by atoms with Gasteiger partial charge in [-0.25, -0.2) is 9.18 Å². The van der Waals surface area contributed by atoms with Crippen molar-refractivity contribution in [2.45, 2.75) is 6.04 Å². The second kappa shape index (κ2) is 5.09. The summed E-state index contributed by atoms with van der Waals surface area (Å²) in [4.78, 5) is 11.3. The molecule has 0 saturated carbocycles. The summed E-state index contributed by atoms with van der Waals surface area (Å²) >= 11 is 5.68. The number of carbonyl (C=O) groups is 1. The zero-order valence-corrected chi connectivity index (χ0v) is 9.14. The van der Waals surface area contributed by atoms with Gasteiger partial charge in [0.15, 0.2) is 0 Å². The largest absolute Gasteiger partial charge is 0.468 e. The van der Waals surface area contributed by atoms with Gasteiger partial charge in [-0.2, -0.15) is 0 Å². The van der Waals surface area contributed by atoms with Crippen molar-refractivity contribution in [3.63, 3.8) is 0 Å². The number of esters is 1. The Bertz CT molecular complexity index is 350. The maximum absolute atomic E-state index is 13.0. The highest BCUT2D eigenvalue weighted by molar-refractivity contribution is 6.30. The zero-order chi connectivity index (χ0) is 11.4. The van der Waals surface area contributed by atoms with E-state index in [1.54, 1.807) is 7.05 Å². The third-order valence-electron chi connectivity index (χ3n) is 1.94. The lowest BCUT2D eigenvalue weighted by molar-refractivity contribution is -0.143. The lowest BCUT2D eigenvalue weighted by Crippen LogP contribution is -2.26. The van der Waals surface area contributed by atoms with Crippen molar-refractivity contribution in [3.8, 4) is 0 Å². The van der Waals surface area contributed by atoms with Crippen molar-refractivity contribution < 1.29 is 13.9 Å². The molecule has 0 amide bonds. The van der Waals surface area contributed by atoms with E-state index >= 15 is 0 Å². The molecule has 1 atom stereocenters. The number of ether oxygens (including phenoxy) is 1. The first-order valence-corrected chi connectivity index (χ1v) is 4.67. The SMILES string of the molecule is CNC(C(=O)OC)c1cc(F)cc(Cl)c1. The Morgan fingerprint density at radius 1 is 1.53 bits per heavy atom. The third kappa shape index (κ3) is 2.91. The number of rotatable bonds is 3. The molecule has 0 saturated heterocycles. The Kier molecular flexibility index (Phi) is 4.05. The van der Waals surface area contributed by atoms with Crippen LogP contribution in [0.1, 0.15) is 11.6 Å². The minimum absolute atomic E-state index is 0.245. The van der Waals surface area contributed by atoms with Crippen LogP contribution >= 0.6 is 11.6 Å². The predicted molar refractivity (Wildman–Crippen MR) is 55.2 cm³/mol. The molecule has 1 aromatic rings. The molecule has 0 bridgehead atoms. The molecule has 0 aliphatic rings. The Balaban J connectivity index is 3.06. The molecule has 5 heteroatoms. The van der Waals surface area contributed by atoms with Gasteiger partial charge in [-0.3, -0.25) is 0 Å². The molecule has 1 unspecified atom stereocenters. The van der Waals surface area contributed by atoms with Crippen molar-refractivity contribution >= 4 is 17.6 Å². The smallest absolute Gasteiger partial charge is 0.327 e. The van der Waals surface area contributed by atoms with Crippen LogP contribution in [0.25, 0.3) is 0 Å². The van der Waals surface area contributed by atoms with Crippen molar-refractivity contribution in [1.82, 2.24) is 5.32 Å². The van der Waals surface area contributed by atoms with Crippen LogP contribution in [0.4, 0.5) is 4.39 Å². The molecule has 3 nitrogen and oxygen atoms in total. The summed E-state index contributed by atoms with van der Waals surface area (Å²) in [5, 5.41) is 2.97. The van der Waals surface area contributed by atoms with Crippen LogP contribution in [0.5, 0.6) is 0 Å². The first-order chi connectivity index (χ1) is 7.08. The maximum Gasteiger partial charge on any atom is 0.327 e. The zero-order valence-electron chi connectivity index (χ0n) is 8.38. The Labute approximate surface area is 92.2 Å². The number of likely N-dealkylation sites (N-methyl/N-ethyl adjacent to an activating group) is 1. The number of hydrogen-bond donors (Lipinski definition) is 1. The van der Waals surface area contributed by atoms with Crippen LogP contribution in [-0.2, 0) is 9.53 Å². The van der Waals surface area contributed by atoms with Gasteiger partial charge in [0.1, 0.15) is 11.9 Å². The fraction of sp³-hybridized carbons (Fsp3) is 0.300. The van der Waals surface area contributed by atoms with Gasteiger partial charge in [-0.05, 0) is 30.8 Å². The average molecular weight is 232 g/mol. The molecule has 1 N–H and O–H groups in total. The van der Waals surface area contributed by atoms with Crippen molar-refractivity contribution in [3.05, 3.63) is 34.6 Å². The fourth-order valence-corrected chi connectivity index (χ4v) is 1.51. The Morgan fingerprint density at radius 2 is 2.20 bits per heavy atom. The summed E-state index contributed by atoms with van der Waals surface area (Å²) in [5.74, 6) is -0.971. The highest BCUT2D eigenvalue weighted by Crippen LogP contribution is 2.20. The quantitative estimate of drug-likeness (QED) is 0.808. The van der Waals surface area contributed by atoms with E-state index in [2.05, 4.69) is 10.1 Å². The van der Waals surface area contributed by atoms with Crippen molar-refractivity contribution in [2.24, 2.45) is 0 Å². The molecule has 0 fully saturated rings. The van der Waals surface area contributed by atoms with E-state index in [0.29, 0.717) is 5.56 Å². The molecule has 15 heavy (non-hydrogen) atoms. The second-order valence-electron chi connectivity index (χ2n) is 2.95. The molecule has 1 aromatic carbocycles. The molecular weight excluding hydrogens is 221 g/mol. The minimum Gasteiger partial charge on any atom is -0.468 e. The van der Waals surface area contributed by atoms with E-state index in [1.807, 2.05) is 0 Å². The summed E-state index contributed by atoms with van der Waals surface area (Å²) in [6.45, 7) is 0. The van der Waals surface area contributed by atoms with E-state index in [1.165, 1.54) is 25.3 Å². The van der Waals surface area contributed by atoms with Gasteiger partial charge in [-0.1, -0.05) is 11.6 Å². The normalized spacial score (nSPS) is 12.3. The van der Waals surface area contributed by atoms with E-state index in [0.717, 1.165) is 0 Å². The van der Waals surface area contributed by atoms with Crippen LogP contribution in [0.2, 0.25) is 5.02 Å². The highest BCUT2D eigenvalue weighted by Gasteiger charge is 2.20. The molecular formula is C10H11ClFNO2. The number of nitrogens with one attached hydrogen (secondary N) is 1. The predicted octanol–water partition coefficient (Wildman–Crippen LogP) is 1.91. The van der Waals surface area contributed by atoms with E-state index in [-0.39, 0.29) is 5.02 Å². The van der Waals surface area contributed by atoms with Crippen LogP contribution in [0, 0.1) is 5.82 Å². The van der Waals surface area contributed by atoms with Crippen molar-refractivity contribution in [1.29, 1.82) is 0 Å². The fourth-order valence-electron chi connectivity index (χ4n) is 1.28. The summed E-state index contributed by atoms with van der Waals surface area (Å²) in [5.41, 5.74) is 0.439. The van der Waals surface area contributed by atoms with Crippen LogP contribution in [-0.4, -0.2) is 20.1 Å². The average Bonchev–Trinajstić information content (AvgIpc) is 2.17. The molecule has 0 aliphatic heterocycles. The number of hydrogen-bond acceptors (Lipinski definition) is 3. The first-order valence-electron chi connectivity index (χ1n) is 4.29. The van der Waals surface area contributed by atoms with E-state index in [4.69, 9.17) is 11.6 Å². The molecule has 0 aliphatic carbocycles. The summed E-state index contributed by atoms with van der Waals surface area (Å²) in [7, 11) is 2.86. The van der Waals surface area contributed by atoms with Gasteiger partial charge in [0.25, 0.3) is 0 Å². The highest BCUT2D eigenvalue weighted by atomic mass is 35.5. The summed E-state index contributed by atoms with van der Waals surface area (Å²) in [6, 6.07) is 3.23.